The molecule has 102 valence electrons. The number of hydrogen-bond donors (Lipinski definition) is 1. The molecule has 0 bridgehead atoms. The van der Waals surface area contributed by atoms with Gasteiger partial charge in [-0.25, -0.2) is 4.98 Å². The first kappa shape index (κ1) is 12.7. The number of benzene rings is 2. The molecular formula is C17H19N3. The van der Waals surface area contributed by atoms with Gasteiger partial charge in [0.25, 0.3) is 0 Å². The van der Waals surface area contributed by atoms with Gasteiger partial charge in [0, 0.05) is 18.7 Å². The lowest BCUT2D eigenvalue weighted by Crippen LogP contribution is -2.05. The van der Waals surface area contributed by atoms with E-state index in [1.807, 2.05) is 12.1 Å². The quantitative estimate of drug-likeness (QED) is 0.734. The van der Waals surface area contributed by atoms with Gasteiger partial charge in [-0.1, -0.05) is 37.3 Å². The molecule has 2 N–H and O–H groups in total. The highest BCUT2D eigenvalue weighted by atomic mass is 15.1. The topological polar surface area (TPSA) is 43.8 Å². The Balaban J connectivity index is 1.93. The third-order valence-electron chi connectivity index (χ3n) is 3.63. The van der Waals surface area contributed by atoms with E-state index in [1.54, 1.807) is 0 Å². The van der Waals surface area contributed by atoms with Gasteiger partial charge < -0.3 is 10.3 Å². The summed E-state index contributed by atoms with van der Waals surface area (Å²) in [7, 11) is 0. The minimum absolute atomic E-state index is 0.771. The predicted octanol–water partition coefficient (Wildman–Crippen LogP) is 3.42. The summed E-state index contributed by atoms with van der Waals surface area (Å²) in [4.78, 5) is 4.69. The monoisotopic (exact) mass is 265 g/mol. The van der Waals surface area contributed by atoms with Gasteiger partial charge in [0.2, 0.25) is 0 Å². The molecule has 3 aromatic rings. The van der Waals surface area contributed by atoms with Gasteiger partial charge >= 0.3 is 0 Å². The average molecular weight is 265 g/mol. The summed E-state index contributed by atoms with van der Waals surface area (Å²) in [5.74, 6) is 1.13. The van der Waals surface area contributed by atoms with Gasteiger partial charge in [0.15, 0.2) is 0 Å². The fraction of sp³-hybridized carbons (Fsp3) is 0.235. The first-order valence-corrected chi connectivity index (χ1v) is 7.06. The van der Waals surface area contributed by atoms with Crippen molar-refractivity contribution in [3.8, 4) is 0 Å². The molecule has 0 atom stereocenters. The molecule has 0 radical (unpaired) electrons. The van der Waals surface area contributed by atoms with Crippen molar-refractivity contribution in [2.75, 3.05) is 5.73 Å². The molecule has 2 aromatic carbocycles. The lowest BCUT2D eigenvalue weighted by Gasteiger charge is -2.08. The second-order valence-corrected chi connectivity index (χ2v) is 5.02. The van der Waals surface area contributed by atoms with Crippen molar-refractivity contribution in [1.82, 2.24) is 9.55 Å². The van der Waals surface area contributed by atoms with Crippen molar-refractivity contribution < 1.29 is 0 Å². The van der Waals surface area contributed by atoms with Crippen molar-refractivity contribution in [2.45, 2.75) is 26.3 Å². The van der Waals surface area contributed by atoms with Crippen molar-refractivity contribution in [2.24, 2.45) is 0 Å². The fourth-order valence-corrected chi connectivity index (χ4v) is 2.60. The Labute approximate surface area is 119 Å². The number of aryl methyl sites for hydroxylation is 3. The van der Waals surface area contributed by atoms with Gasteiger partial charge in [-0.05, 0) is 30.2 Å². The summed E-state index contributed by atoms with van der Waals surface area (Å²) in [6, 6.07) is 16.5. The smallest absolute Gasteiger partial charge is 0.109 e. The SMILES string of the molecule is CCc1nc2cc(N)ccc2n1CCc1ccccc1. The van der Waals surface area contributed by atoms with E-state index < -0.39 is 0 Å². The Morgan fingerprint density at radius 2 is 1.90 bits per heavy atom. The minimum atomic E-state index is 0.771. The first-order chi connectivity index (χ1) is 9.78. The number of hydrogen-bond acceptors (Lipinski definition) is 2. The molecule has 0 aliphatic heterocycles. The molecule has 1 aromatic heterocycles. The van der Waals surface area contributed by atoms with Crippen molar-refractivity contribution in [3.63, 3.8) is 0 Å². The van der Waals surface area contributed by atoms with Crippen LogP contribution in [0.3, 0.4) is 0 Å². The Hall–Kier alpha value is -2.29. The fourth-order valence-electron chi connectivity index (χ4n) is 2.60. The molecule has 0 saturated carbocycles. The number of nitrogen functional groups attached to an aromatic ring is 1. The average Bonchev–Trinajstić information content (AvgIpc) is 2.83. The second kappa shape index (κ2) is 5.37. The van der Waals surface area contributed by atoms with Crippen LogP contribution in [0.1, 0.15) is 18.3 Å². The van der Waals surface area contributed by atoms with Crippen molar-refractivity contribution in [1.29, 1.82) is 0 Å². The van der Waals surface area contributed by atoms with E-state index in [-0.39, 0.29) is 0 Å². The zero-order chi connectivity index (χ0) is 13.9. The minimum Gasteiger partial charge on any atom is -0.399 e. The van der Waals surface area contributed by atoms with Crippen LogP contribution in [-0.2, 0) is 19.4 Å². The Kier molecular flexibility index (Phi) is 3.42. The third-order valence-corrected chi connectivity index (χ3v) is 3.63. The van der Waals surface area contributed by atoms with E-state index in [2.05, 4.69) is 52.9 Å². The largest absolute Gasteiger partial charge is 0.399 e. The highest BCUT2D eigenvalue weighted by Crippen LogP contribution is 2.20. The molecule has 0 aliphatic rings. The second-order valence-electron chi connectivity index (χ2n) is 5.02. The zero-order valence-corrected chi connectivity index (χ0v) is 11.7. The Morgan fingerprint density at radius 1 is 1.10 bits per heavy atom. The lowest BCUT2D eigenvalue weighted by atomic mass is 10.1. The lowest BCUT2D eigenvalue weighted by molar-refractivity contribution is 0.674. The van der Waals surface area contributed by atoms with Gasteiger partial charge in [-0.2, -0.15) is 0 Å². The summed E-state index contributed by atoms with van der Waals surface area (Å²) in [5.41, 5.74) is 10.1. The molecule has 0 amide bonds. The number of imidazole rings is 1. The van der Waals surface area contributed by atoms with Crippen LogP contribution in [0.15, 0.2) is 48.5 Å². The van der Waals surface area contributed by atoms with Crippen LogP contribution < -0.4 is 5.73 Å². The van der Waals surface area contributed by atoms with Crippen LogP contribution in [0.5, 0.6) is 0 Å². The number of nitrogens with zero attached hydrogens (tertiary/aromatic N) is 2. The van der Waals surface area contributed by atoms with Crippen molar-refractivity contribution >= 4 is 16.7 Å². The number of rotatable bonds is 4. The summed E-state index contributed by atoms with van der Waals surface area (Å²) >= 11 is 0. The molecule has 20 heavy (non-hydrogen) atoms. The van der Waals surface area contributed by atoms with Gasteiger partial charge in [-0.3, -0.25) is 0 Å². The van der Waals surface area contributed by atoms with E-state index in [9.17, 15) is 0 Å². The number of nitrogens with two attached hydrogens (primary N) is 1. The number of fused-ring (bicyclic) bond motifs is 1. The molecule has 0 spiro atoms. The maximum absolute atomic E-state index is 5.84. The highest BCUT2D eigenvalue weighted by Gasteiger charge is 2.09. The van der Waals surface area contributed by atoms with E-state index in [0.717, 1.165) is 36.4 Å². The summed E-state index contributed by atoms with van der Waals surface area (Å²) in [6.07, 6.45) is 1.95. The third kappa shape index (κ3) is 2.39. The summed E-state index contributed by atoms with van der Waals surface area (Å²) in [5, 5.41) is 0. The van der Waals surface area contributed by atoms with Crippen LogP contribution in [0, 0.1) is 0 Å². The molecule has 1 heterocycles. The van der Waals surface area contributed by atoms with Gasteiger partial charge in [0.05, 0.1) is 11.0 Å². The molecule has 3 heteroatoms. The molecule has 0 aliphatic carbocycles. The summed E-state index contributed by atoms with van der Waals surface area (Å²) < 4.78 is 2.31. The predicted molar refractivity (Wildman–Crippen MR) is 83.7 cm³/mol. The highest BCUT2D eigenvalue weighted by molar-refractivity contribution is 5.79. The molecule has 0 saturated heterocycles. The van der Waals surface area contributed by atoms with Gasteiger partial charge in [0.1, 0.15) is 5.82 Å². The molecule has 3 rings (SSSR count). The Morgan fingerprint density at radius 3 is 2.65 bits per heavy atom. The van der Waals surface area contributed by atoms with E-state index in [0.29, 0.717) is 0 Å². The van der Waals surface area contributed by atoms with Crippen LogP contribution in [0.25, 0.3) is 11.0 Å². The molecule has 0 unspecified atom stereocenters. The number of anilines is 1. The maximum Gasteiger partial charge on any atom is 0.109 e. The van der Waals surface area contributed by atoms with E-state index in [4.69, 9.17) is 5.73 Å². The van der Waals surface area contributed by atoms with Crippen LogP contribution in [-0.4, -0.2) is 9.55 Å². The van der Waals surface area contributed by atoms with E-state index in [1.165, 1.54) is 11.1 Å². The normalized spacial score (nSPS) is 11.1. The van der Waals surface area contributed by atoms with Crippen LogP contribution in [0.2, 0.25) is 0 Å². The maximum atomic E-state index is 5.84. The molecule has 3 nitrogen and oxygen atoms in total. The van der Waals surface area contributed by atoms with Crippen molar-refractivity contribution in [3.05, 3.63) is 59.9 Å². The Bertz CT molecular complexity index is 714. The molecule has 0 fully saturated rings. The van der Waals surface area contributed by atoms with Crippen LogP contribution >= 0.6 is 0 Å². The van der Waals surface area contributed by atoms with E-state index >= 15 is 0 Å². The molecular weight excluding hydrogens is 246 g/mol. The standard InChI is InChI=1S/C17H19N3/c1-2-17-19-15-12-14(18)8-9-16(15)20(17)11-10-13-6-4-3-5-7-13/h3-9,12H,2,10-11,18H2,1H3. The number of aromatic nitrogens is 2. The zero-order valence-electron chi connectivity index (χ0n) is 11.7. The van der Waals surface area contributed by atoms with Crippen LogP contribution in [0.4, 0.5) is 5.69 Å². The first-order valence-electron chi connectivity index (χ1n) is 7.06. The summed E-state index contributed by atoms with van der Waals surface area (Å²) in [6.45, 7) is 3.09. The van der Waals surface area contributed by atoms with Gasteiger partial charge in [-0.15, -0.1) is 0 Å².